The number of carbonyl (C=O) groups excluding carboxylic acids is 1. The average Bonchev–Trinajstić information content (AvgIpc) is 3.25. The quantitative estimate of drug-likeness (QED) is 0.185. The van der Waals surface area contributed by atoms with Crippen molar-refractivity contribution in [3.63, 3.8) is 0 Å². The van der Waals surface area contributed by atoms with Crippen molar-refractivity contribution in [3.05, 3.63) is 80.8 Å². The van der Waals surface area contributed by atoms with Gasteiger partial charge in [0.15, 0.2) is 5.13 Å². The van der Waals surface area contributed by atoms with Gasteiger partial charge in [-0.25, -0.2) is 4.98 Å². The van der Waals surface area contributed by atoms with E-state index in [1.165, 1.54) is 18.3 Å². The first-order chi connectivity index (χ1) is 16.7. The first kappa shape index (κ1) is 26.3. The maximum Gasteiger partial charge on any atom is 0.416 e. The van der Waals surface area contributed by atoms with E-state index in [0.29, 0.717) is 28.4 Å². The Labute approximate surface area is 209 Å². The molecule has 35 heavy (non-hydrogen) atoms. The van der Waals surface area contributed by atoms with Crippen molar-refractivity contribution >= 4 is 40.1 Å². The number of alkyl halides is 3. The third kappa shape index (κ3) is 7.31. The number of rotatable bonds is 9. The summed E-state index contributed by atoms with van der Waals surface area (Å²) in [5.74, 6) is -0.0927. The zero-order chi connectivity index (χ0) is 25.4. The Morgan fingerprint density at radius 1 is 1.29 bits per heavy atom. The number of anilines is 1. The van der Waals surface area contributed by atoms with E-state index >= 15 is 0 Å². The Bertz CT molecular complexity index is 1270. The molecule has 5 nitrogen and oxygen atoms in total. The number of unbranched alkanes of at least 4 members (excludes halogenated alkanes) is 1. The maximum atomic E-state index is 13.0. The summed E-state index contributed by atoms with van der Waals surface area (Å²) in [6, 6.07) is 12.1. The summed E-state index contributed by atoms with van der Waals surface area (Å²) in [5, 5.41) is 12.5. The molecule has 3 aromatic rings. The van der Waals surface area contributed by atoms with Crippen LogP contribution < -0.4 is 10.1 Å². The number of ether oxygens (including phenoxy) is 1. The summed E-state index contributed by atoms with van der Waals surface area (Å²) in [6.07, 6.45) is 0.365. The third-order valence-corrected chi connectivity index (χ3v) is 6.13. The average molecular weight is 520 g/mol. The molecule has 0 aliphatic rings. The first-order valence-corrected chi connectivity index (χ1v) is 11.9. The van der Waals surface area contributed by atoms with Crippen LogP contribution in [-0.2, 0) is 17.4 Å². The summed E-state index contributed by atoms with van der Waals surface area (Å²) in [5.41, 5.74) is -0.0541. The van der Waals surface area contributed by atoms with E-state index < -0.39 is 17.6 Å². The lowest BCUT2D eigenvalue weighted by molar-refractivity contribution is -0.137. The normalized spacial score (nSPS) is 11.7. The lowest BCUT2D eigenvalue weighted by atomic mass is 10.1. The molecule has 0 saturated carbocycles. The van der Waals surface area contributed by atoms with E-state index in [2.05, 4.69) is 10.3 Å². The van der Waals surface area contributed by atoms with Gasteiger partial charge in [-0.05, 0) is 42.3 Å². The van der Waals surface area contributed by atoms with Crippen LogP contribution in [0.1, 0.15) is 41.3 Å². The van der Waals surface area contributed by atoms with Crippen molar-refractivity contribution in [2.75, 3.05) is 11.9 Å². The monoisotopic (exact) mass is 519 g/mol. The Kier molecular flexibility index (Phi) is 8.90. The van der Waals surface area contributed by atoms with Gasteiger partial charge in [0.1, 0.15) is 17.4 Å². The molecule has 0 bridgehead atoms. The van der Waals surface area contributed by atoms with Gasteiger partial charge in [0.2, 0.25) is 0 Å². The van der Waals surface area contributed by atoms with Gasteiger partial charge < -0.3 is 4.74 Å². The molecule has 1 N–H and O–H groups in total. The number of nitrogens with zero attached hydrogens (tertiary/aromatic N) is 2. The molecule has 10 heteroatoms. The summed E-state index contributed by atoms with van der Waals surface area (Å²) in [7, 11) is 0. The Morgan fingerprint density at radius 3 is 2.77 bits per heavy atom. The van der Waals surface area contributed by atoms with Gasteiger partial charge in [-0.2, -0.15) is 18.4 Å². The fourth-order valence-electron chi connectivity index (χ4n) is 3.05. The molecule has 0 atom stereocenters. The molecule has 1 amide bonds. The Morgan fingerprint density at radius 2 is 2.06 bits per heavy atom. The molecular formula is C25H21ClF3N3O2S. The molecule has 0 radical (unpaired) electrons. The molecular weight excluding hydrogens is 499 g/mol. The summed E-state index contributed by atoms with van der Waals surface area (Å²) >= 11 is 7.16. The highest BCUT2D eigenvalue weighted by atomic mass is 35.5. The number of nitrogens with one attached hydrogen (secondary N) is 1. The van der Waals surface area contributed by atoms with Crippen molar-refractivity contribution in [1.82, 2.24) is 4.98 Å². The maximum absolute atomic E-state index is 13.0. The molecule has 0 aliphatic carbocycles. The topological polar surface area (TPSA) is 75.0 Å². The Hall–Kier alpha value is -3.35. The summed E-state index contributed by atoms with van der Waals surface area (Å²) in [4.78, 5) is 17.4. The molecule has 0 aliphatic heterocycles. The number of thiazole rings is 1. The van der Waals surface area contributed by atoms with E-state index in [0.717, 1.165) is 36.3 Å². The molecule has 2 aromatic carbocycles. The SMILES string of the molecule is CCCCOc1ccccc1/C=C(\C#N)C(=O)Nc1ncc(Cc2cc(C(F)(F)F)ccc2Cl)s1. The van der Waals surface area contributed by atoms with Gasteiger partial charge >= 0.3 is 6.18 Å². The number of para-hydroxylation sites is 1. The first-order valence-electron chi connectivity index (χ1n) is 10.7. The van der Waals surface area contributed by atoms with Gasteiger partial charge in [0.25, 0.3) is 5.91 Å². The number of aromatic nitrogens is 1. The number of benzene rings is 2. The van der Waals surface area contributed by atoms with E-state index in [1.807, 2.05) is 13.0 Å². The van der Waals surface area contributed by atoms with Gasteiger partial charge in [0.05, 0.1) is 12.2 Å². The van der Waals surface area contributed by atoms with Gasteiger partial charge in [-0.1, -0.05) is 43.1 Å². The van der Waals surface area contributed by atoms with Crippen molar-refractivity contribution in [2.45, 2.75) is 32.4 Å². The predicted molar refractivity (Wildman–Crippen MR) is 130 cm³/mol. The van der Waals surface area contributed by atoms with E-state index in [1.54, 1.807) is 24.3 Å². The number of halogens is 4. The van der Waals surface area contributed by atoms with E-state index in [9.17, 15) is 23.2 Å². The zero-order valence-electron chi connectivity index (χ0n) is 18.7. The number of amides is 1. The molecule has 1 heterocycles. The highest BCUT2D eigenvalue weighted by molar-refractivity contribution is 7.15. The van der Waals surface area contributed by atoms with Crippen LogP contribution in [0, 0.1) is 11.3 Å². The number of nitriles is 1. The number of hydrogen-bond acceptors (Lipinski definition) is 5. The van der Waals surface area contributed by atoms with Crippen LogP contribution in [0.25, 0.3) is 6.08 Å². The molecule has 1 aromatic heterocycles. The fraction of sp³-hybridized carbons (Fsp3) is 0.240. The van der Waals surface area contributed by atoms with Crippen LogP contribution >= 0.6 is 22.9 Å². The summed E-state index contributed by atoms with van der Waals surface area (Å²) < 4.78 is 44.8. The van der Waals surface area contributed by atoms with Crippen LogP contribution in [-0.4, -0.2) is 17.5 Å². The van der Waals surface area contributed by atoms with Crippen molar-refractivity contribution in [2.24, 2.45) is 0 Å². The van der Waals surface area contributed by atoms with Crippen molar-refractivity contribution in [3.8, 4) is 11.8 Å². The molecule has 182 valence electrons. The van der Waals surface area contributed by atoms with Crippen molar-refractivity contribution in [1.29, 1.82) is 5.26 Å². The lowest BCUT2D eigenvalue weighted by Crippen LogP contribution is -2.13. The van der Waals surface area contributed by atoms with Crippen molar-refractivity contribution < 1.29 is 22.7 Å². The standard InChI is InChI=1S/C25H21ClF3N3O2S/c1-2-3-10-34-22-7-5-4-6-16(22)11-18(14-30)23(33)32-24-31-15-20(35-24)13-17-12-19(25(27,28)29)8-9-21(17)26/h4-9,11-12,15H,2-3,10,13H2,1H3,(H,31,32,33)/b18-11+. The lowest BCUT2D eigenvalue weighted by Gasteiger charge is -2.09. The molecule has 3 rings (SSSR count). The fourth-order valence-corrected chi connectivity index (χ4v) is 4.06. The second kappa shape index (κ2) is 11.9. The van der Waals surface area contributed by atoms with Gasteiger partial charge in [-0.3, -0.25) is 10.1 Å². The molecule has 0 saturated heterocycles. The highest BCUT2D eigenvalue weighted by Gasteiger charge is 2.31. The van der Waals surface area contributed by atoms with Crippen LogP contribution in [0.3, 0.4) is 0 Å². The number of hydrogen-bond donors (Lipinski definition) is 1. The highest BCUT2D eigenvalue weighted by Crippen LogP contribution is 2.33. The minimum atomic E-state index is -4.48. The van der Waals surface area contributed by atoms with E-state index in [4.69, 9.17) is 16.3 Å². The zero-order valence-corrected chi connectivity index (χ0v) is 20.2. The van der Waals surface area contributed by atoms with Crippen LogP contribution in [0.15, 0.2) is 54.2 Å². The summed E-state index contributed by atoms with van der Waals surface area (Å²) in [6.45, 7) is 2.57. The molecule has 0 fully saturated rings. The second-order valence-electron chi connectivity index (χ2n) is 7.48. The smallest absolute Gasteiger partial charge is 0.416 e. The van der Waals surface area contributed by atoms with Crippen LogP contribution in [0.5, 0.6) is 5.75 Å². The molecule has 0 unspecified atom stereocenters. The predicted octanol–water partition coefficient (Wildman–Crippen LogP) is 7.13. The van der Waals surface area contributed by atoms with Gasteiger partial charge in [-0.15, -0.1) is 11.3 Å². The van der Waals surface area contributed by atoms with Crippen LogP contribution in [0.4, 0.5) is 18.3 Å². The van der Waals surface area contributed by atoms with Gasteiger partial charge in [0, 0.05) is 28.1 Å². The Balaban J connectivity index is 1.73. The second-order valence-corrected chi connectivity index (χ2v) is 9.00. The van der Waals surface area contributed by atoms with Crippen LogP contribution in [0.2, 0.25) is 5.02 Å². The minimum Gasteiger partial charge on any atom is -0.493 e. The minimum absolute atomic E-state index is 0.111. The third-order valence-electron chi connectivity index (χ3n) is 4.85. The largest absolute Gasteiger partial charge is 0.493 e. The van der Waals surface area contributed by atoms with E-state index in [-0.39, 0.29) is 22.1 Å². The number of carbonyl (C=O) groups is 1. The molecule has 0 spiro atoms.